The molecular weight excluding hydrogens is 322 g/mol. The summed E-state index contributed by atoms with van der Waals surface area (Å²) in [5.74, 6) is -0.861. The summed E-state index contributed by atoms with van der Waals surface area (Å²) in [5.41, 5.74) is 0.0716. The third-order valence-corrected chi connectivity index (χ3v) is 3.64. The molecule has 0 aliphatic heterocycles. The molecule has 0 saturated heterocycles. The number of hydrogen-bond acceptors (Lipinski definition) is 5. The average molecular weight is 338 g/mol. The van der Waals surface area contributed by atoms with E-state index in [4.69, 9.17) is 9.15 Å². The Labute approximate surface area is 143 Å². The van der Waals surface area contributed by atoms with Gasteiger partial charge in [-0.05, 0) is 25.1 Å². The van der Waals surface area contributed by atoms with Gasteiger partial charge < -0.3 is 9.15 Å². The third-order valence-electron chi connectivity index (χ3n) is 3.64. The van der Waals surface area contributed by atoms with Crippen LogP contribution in [0.25, 0.3) is 11.0 Å². The number of para-hydroxylation sites is 1. The van der Waals surface area contributed by atoms with Gasteiger partial charge in [0.15, 0.2) is 12.4 Å². The molecule has 0 unspecified atom stereocenters. The quantitative estimate of drug-likeness (QED) is 0.308. The highest BCUT2D eigenvalue weighted by atomic mass is 16.5. The summed E-state index contributed by atoms with van der Waals surface area (Å²) in [6, 6.07) is 11.8. The fourth-order valence-corrected chi connectivity index (χ4v) is 2.46. The largest absolute Gasteiger partial charge is 0.462 e. The fraction of sp³-hybridized carbons (Fsp3) is 0.158. The lowest BCUT2D eigenvalue weighted by atomic mass is 10.1. The lowest BCUT2D eigenvalue weighted by Gasteiger charge is -2.02. The van der Waals surface area contributed by atoms with E-state index in [1.165, 1.54) is 16.8 Å². The van der Waals surface area contributed by atoms with Gasteiger partial charge in [-0.3, -0.25) is 4.79 Å². The van der Waals surface area contributed by atoms with Crippen molar-refractivity contribution in [1.82, 2.24) is 0 Å². The number of Topliss-reactive ketones (excluding diaryl/α,β-unsaturated/α-hetero) is 1. The maximum absolute atomic E-state index is 12.5. The van der Waals surface area contributed by atoms with E-state index in [9.17, 15) is 14.4 Å². The van der Waals surface area contributed by atoms with Crippen LogP contribution in [0.15, 0.2) is 64.1 Å². The first-order valence-electron chi connectivity index (χ1n) is 7.81. The number of esters is 1. The molecule has 3 rings (SSSR count). The van der Waals surface area contributed by atoms with Crippen LogP contribution in [0, 0.1) is 0 Å². The van der Waals surface area contributed by atoms with Crippen molar-refractivity contribution in [3.05, 3.63) is 76.4 Å². The van der Waals surface area contributed by atoms with Gasteiger partial charge in [-0.2, -0.15) is 4.57 Å². The van der Waals surface area contributed by atoms with Crippen LogP contribution in [-0.4, -0.2) is 18.4 Å². The zero-order valence-corrected chi connectivity index (χ0v) is 13.6. The summed E-state index contributed by atoms with van der Waals surface area (Å²) in [7, 11) is 0. The van der Waals surface area contributed by atoms with E-state index < -0.39 is 17.4 Å². The van der Waals surface area contributed by atoms with Gasteiger partial charge in [0.25, 0.3) is 0 Å². The first-order chi connectivity index (χ1) is 12.1. The molecule has 0 bridgehead atoms. The molecule has 126 valence electrons. The molecule has 0 spiro atoms. The molecule has 0 aliphatic carbocycles. The van der Waals surface area contributed by atoms with Gasteiger partial charge in [-0.1, -0.05) is 18.2 Å². The number of rotatable bonds is 5. The van der Waals surface area contributed by atoms with Gasteiger partial charge in [0.2, 0.25) is 12.3 Å². The van der Waals surface area contributed by atoms with E-state index in [2.05, 4.69) is 0 Å². The SMILES string of the molecule is CCOC(=O)c1ccc[n+](CC(=O)c2cc3ccccc3oc2=O)c1. The van der Waals surface area contributed by atoms with Crippen LogP contribution in [0.4, 0.5) is 0 Å². The number of hydrogen-bond donors (Lipinski definition) is 0. The van der Waals surface area contributed by atoms with Crippen molar-refractivity contribution in [3.8, 4) is 0 Å². The van der Waals surface area contributed by atoms with Crippen LogP contribution in [-0.2, 0) is 11.3 Å². The van der Waals surface area contributed by atoms with Crippen LogP contribution in [0.2, 0.25) is 0 Å². The topological polar surface area (TPSA) is 77.5 Å². The zero-order valence-electron chi connectivity index (χ0n) is 13.6. The van der Waals surface area contributed by atoms with Crippen molar-refractivity contribution in [2.24, 2.45) is 0 Å². The Morgan fingerprint density at radius 2 is 1.96 bits per heavy atom. The summed E-state index contributed by atoms with van der Waals surface area (Å²) < 4.78 is 11.7. The summed E-state index contributed by atoms with van der Waals surface area (Å²) >= 11 is 0. The molecule has 0 amide bonds. The van der Waals surface area contributed by atoms with Crippen LogP contribution in [0.5, 0.6) is 0 Å². The molecule has 0 N–H and O–H groups in total. The standard InChI is InChI=1S/C19H16NO5/c1-2-24-18(22)14-7-5-9-20(11-14)12-16(21)15-10-13-6-3-4-8-17(13)25-19(15)23/h3-11H,2,12H2,1H3/q+1. The second-order valence-corrected chi connectivity index (χ2v) is 5.39. The van der Waals surface area contributed by atoms with Crippen LogP contribution < -0.4 is 10.2 Å². The predicted octanol–water partition coefficient (Wildman–Crippen LogP) is 2.14. The summed E-state index contributed by atoms with van der Waals surface area (Å²) in [6.07, 6.45) is 3.15. The number of nitrogens with zero attached hydrogens (tertiary/aromatic N) is 1. The number of ether oxygens (including phenoxy) is 1. The van der Waals surface area contributed by atoms with Crippen LogP contribution >= 0.6 is 0 Å². The fourth-order valence-electron chi connectivity index (χ4n) is 2.46. The molecule has 0 aliphatic rings. The van der Waals surface area contributed by atoms with Gasteiger partial charge in [0.05, 0.1) is 6.61 Å². The third kappa shape index (κ3) is 3.63. The van der Waals surface area contributed by atoms with Crippen LogP contribution in [0.1, 0.15) is 27.6 Å². The normalized spacial score (nSPS) is 10.6. The van der Waals surface area contributed by atoms with Gasteiger partial charge in [-0.15, -0.1) is 0 Å². The van der Waals surface area contributed by atoms with E-state index in [1.54, 1.807) is 49.5 Å². The summed E-state index contributed by atoms with van der Waals surface area (Å²) in [6.45, 7) is 1.90. The van der Waals surface area contributed by atoms with Gasteiger partial charge in [0.1, 0.15) is 16.7 Å². The highest BCUT2D eigenvalue weighted by Crippen LogP contribution is 2.12. The molecule has 25 heavy (non-hydrogen) atoms. The van der Waals surface area contributed by atoms with Crippen LogP contribution in [0.3, 0.4) is 0 Å². The number of fused-ring (bicyclic) bond motifs is 1. The number of benzene rings is 1. The number of ketones is 1. The minimum atomic E-state index is -0.675. The molecular formula is C19H16NO5+. The lowest BCUT2D eigenvalue weighted by molar-refractivity contribution is -0.683. The molecule has 6 heteroatoms. The van der Waals surface area contributed by atoms with E-state index >= 15 is 0 Å². The molecule has 0 atom stereocenters. The number of carbonyl (C=O) groups excluding carboxylic acids is 2. The average Bonchev–Trinajstić information content (AvgIpc) is 2.61. The Bertz CT molecular complexity index is 1010. The summed E-state index contributed by atoms with van der Waals surface area (Å²) in [4.78, 5) is 36.3. The Morgan fingerprint density at radius 1 is 1.16 bits per heavy atom. The molecule has 2 aromatic heterocycles. The molecule has 2 heterocycles. The van der Waals surface area contributed by atoms with Crippen molar-refractivity contribution < 1.29 is 23.3 Å². The van der Waals surface area contributed by atoms with Gasteiger partial charge in [-0.25, -0.2) is 9.59 Å². The predicted molar refractivity (Wildman–Crippen MR) is 89.4 cm³/mol. The second-order valence-electron chi connectivity index (χ2n) is 5.39. The smallest absolute Gasteiger partial charge is 0.347 e. The van der Waals surface area contributed by atoms with Crippen molar-refractivity contribution in [3.63, 3.8) is 0 Å². The van der Waals surface area contributed by atoms with Gasteiger partial charge >= 0.3 is 11.6 Å². The zero-order chi connectivity index (χ0) is 17.8. The first-order valence-corrected chi connectivity index (χ1v) is 7.81. The Hall–Kier alpha value is -3.28. The minimum Gasteiger partial charge on any atom is -0.462 e. The van der Waals surface area contributed by atoms with Gasteiger partial charge in [0, 0.05) is 11.5 Å². The second kappa shape index (κ2) is 7.09. The van der Waals surface area contributed by atoms with E-state index in [1.807, 2.05) is 0 Å². The van der Waals surface area contributed by atoms with E-state index in [0.717, 1.165) is 0 Å². The van der Waals surface area contributed by atoms with E-state index in [0.29, 0.717) is 16.5 Å². The highest BCUT2D eigenvalue weighted by molar-refractivity contribution is 5.97. The van der Waals surface area contributed by atoms with E-state index in [-0.39, 0.29) is 18.7 Å². The number of pyridine rings is 1. The number of aromatic nitrogens is 1. The first kappa shape index (κ1) is 16.6. The molecule has 0 fully saturated rings. The van der Waals surface area contributed by atoms with Crippen molar-refractivity contribution >= 4 is 22.7 Å². The Balaban J connectivity index is 1.88. The molecule has 1 aromatic carbocycles. The molecule has 0 radical (unpaired) electrons. The van der Waals surface area contributed by atoms with Crippen molar-refractivity contribution in [2.75, 3.05) is 6.61 Å². The lowest BCUT2D eigenvalue weighted by Crippen LogP contribution is -2.39. The summed E-state index contributed by atoms with van der Waals surface area (Å²) in [5, 5.41) is 0.677. The Kier molecular flexibility index (Phi) is 4.70. The number of carbonyl (C=O) groups is 2. The Morgan fingerprint density at radius 3 is 2.76 bits per heavy atom. The highest BCUT2D eigenvalue weighted by Gasteiger charge is 2.19. The van der Waals surface area contributed by atoms with Crippen molar-refractivity contribution in [1.29, 1.82) is 0 Å². The maximum Gasteiger partial charge on any atom is 0.347 e. The monoisotopic (exact) mass is 338 g/mol. The molecule has 3 aromatic rings. The molecule has 6 nitrogen and oxygen atoms in total. The molecule has 0 saturated carbocycles. The maximum atomic E-state index is 12.5. The minimum absolute atomic E-state index is 0.0206. The van der Waals surface area contributed by atoms with Crippen molar-refractivity contribution in [2.45, 2.75) is 13.5 Å².